The molecule has 6 heteroatoms. The average molecular weight is 365 g/mol. The van der Waals surface area contributed by atoms with Gasteiger partial charge in [0.2, 0.25) is 0 Å². The van der Waals surface area contributed by atoms with Crippen LogP contribution in [0.1, 0.15) is 55.3 Å². The molecule has 1 aliphatic heterocycles. The molecular weight excluding hydrogens is 342 g/mol. The first-order chi connectivity index (χ1) is 13.1. The quantitative estimate of drug-likeness (QED) is 0.888. The Morgan fingerprint density at radius 3 is 2.19 bits per heavy atom. The number of aromatic nitrogens is 1. The molecule has 1 N–H and O–H groups in total. The summed E-state index contributed by atoms with van der Waals surface area (Å²) in [5.74, 6) is 0.0450. The fourth-order valence-corrected chi connectivity index (χ4v) is 4.02. The fraction of sp³-hybridized carbons (Fsp3) is 0.381. The number of nitrogens with zero attached hydrogens (tertiary/aromatic N) is 2. The second-order valence-corrected chi connectivity index (χ2v) is 7.21. The molecule has 2 heterocycles. The van der Waals surface area contributed by atoms with Gasteiger partial charge in [0, 0.05) is 49.4 Å². The van der Waals surface area contributed by atoms with E-state index in [0.29, 0.717) is 49.4 Å². The summed E-state index contributed by atoms with van der Waals surface area (Å²) in [4.78, 5) is 44.5. The highest BCUT2D eigenvalue weighted by Crippen LogP contribution is 2.27. The molecule has 1 aromatic heterocycles. The van der Waals surface area contributed by atoms with Crippen molar-refractivity contribution in [3.05, 3.63) is 58.4 Å². The highest BCUT2D eigenvalue weighted by molar-refractivity contribution is 6.04. The third-order valence-electron chi connectivity index (χ3n) is 5.53. The smallest absolute Gasteiger partial charge is 0.270 e. The molecule has 1 aromatic carbocycles. The third-order valence-corrected chi connectivity index (χ3v) is 5.53. The predicted molar refractivity (Wildman–Crippen MR) is 101 cm³/mol. The lowest BCUT2D eigenvalue weighted by molar-refractivity contribution is 0.0532. The molecule has 0 atom stereocenters. The summed E-state index contributed by atoms with van der Waals surface area (Å²) in [6.45, 7) is 3.86. The molecule has 0 radical (unpaired) electrons. The van der Waals surface area contributed by atoms with E-state index in [1.54, 1.807) is 9.80 Å². The lowest BCUT2D eigenvalue weighted by Crippen LogP contribution is -2.50. The largest absolute Gasteiger partial charge is 0.354 e. The maximum absolute atomic E-state index is 13.0. The summed E-state index contributed by atoms with van der Waals surface area (Å²) in [6.07, 6.45) is 2.20. The third kappa shape index (κ3) is 3.16. The van der Waals surface area contributed by atoms with E-state index in [2.05, 4.69) is 4.98 Å². The Hall–Kier alpha value is -2.89. The van der Waals surface area contributed by atoms with Crippen LogP contribution in [0.5, 0.6) is 0 Å². The van der Waals surface area contributed by atoms with Crippen LogP contribution in [0, 0.1) is 6.92 Å². The van der Waals surface area contributed by atoms with E-state index in [4.69, 9.17) is 0 Å². The van der Waals surface area contributed by atoms with Crippen LogP contribution in [0.2, 0.25) is 0 Å². The van der Waals surface area contributed by atoms with Crippen molar-refractivity contribution in [2.24, 2.45) is 0 Å². The Balaban J connectivity index is 1.45. The zero-order valence-electron chi connectivity index (χ0n) is 15.5. The molecule has 2 amide bonds. The van der Waals surface area contributed by atoms with Crippen molar-refractivity contribution in [1.29, 1.82) is 0 Å². The molecular formula is C21H23N3O3. The molecule has 2 aliphatic rings. The van der Waals surface area contributed by atoms with Gasteiger partial charge in [-0.3, -0.25) is 14.4 Å². The van der Waals surface area contributed by atoms with Gasteiger partial charge in [0.05, 0.1) is 0 Å². The topological polar surface area (TPSA) is 73.5 Å². The van der Waals surface area contributed by atoms with Crippen molar-refractivity contribution in [2.75, 3.05) is 26.2 Å². The second-order valence-electron chi connectivity index (χ2n) is 7.21. The summed E-state index contributed by atoms with van der Waals surface area (Å²) in [5, 5.41) is 0. The number of Topliss-reactive ketones (excluding diaryl/α,β-unsaturated/α-hetero) is 1. The normalized spacial score (nSPS) is 17.0. The molecule has 1 fully saturated rings. The van der Waals surface area contributed by atoms with Gasteiger partial charge < -0.3 is 14.8 Å². The molecule has 1 aliphatic carbocycles. The Morgan fingerprint density at radius 1 is 0.926 bits per heavy atom. The minimum atomic E-state index is -0.0819. The number of aromatic amines is 1. The first-order valence-electron chi connectivity index (χ1n) is 9.44. The zero-order chi connectivity index (χ0) is 19.0. The summed E-state index contributed by atoms with van der Waals surface area (Å²) in [5.41, 5.74) is 3.57. The van der Waals surface area contributed by atoms with Gasteiger partial charge in [0.1, 0.15) is 5.69 Å². The Kier molecular flexibility index (Phi) is 4.56. The molecule has 1 saturated heterocycles. The Bertz CT molecular complexity index is 893. The summed E-state index contributed by atoms with van der Waals surface area (Å²) in [7, 11) is 0. The fourth-order valence-electron chi connectivity index (χ4n) is 4.02. The molecule has 0 bridgehead atoms. The van der Waals surface area contributed by atoms with Gasteiger partial charge >= 0.3 is 0 Å². The van der Waals surface area contributed by atoms with E-state index in [0.717, 1.165) is 24.1 Å². The number of carbonyl (C=O) groups excluding carboxylic acids is 3. The van der Waals surface area contributed by atoms with Gasteiger partial charge in [-0.15, -0.1) is 0 Å². The van der Waals surface area contributed by atoms with E-state index in [-0.39, 0.29) is 17.6 Å². The number of hydrogen-bond donors (Lipinski definition) is 1. The van der Waals surface area contributed by atoms with Crippen molar-refractivity contribution < 1.29 is 14.4 Å². The lowest BCUT2D eigenvalue weighted by Gasteiger charge is -2.34. The van der Waals surface area contributed by atoms with E-state index in [9.17, 15) is 14.4 Å². The number of nitrogens with one attached hydrogen (secondary N) is 1. The average Bonchev–Trinajstić information content (AvgIpc) is 3.05. The maximum atomic E-state index is 13.0. The molecule has 140 valence electrons. The zero-order valence-corrected chi connectivity index (χ0v) is 15.5. The van der Waals surface area contributed by atoms with Gasteiger partial charge in [-0.05, 0) is 37.5 Å². The minimum absolute atomic E-state index is 0.000172. The lowest BCUT2D eigenvalue weighted by atomic mass is 9.93. The Labute approximate surface area is 158 Å². The molecule has 0 unspecified atom stereocenters. The van der Waals surface area contributed by atoms with Crippen molar-refractivity contribution in [3.63, 3.8) is 0 Å². The van der Waals surface area contributed by atoms with Crippen LogP contribution in [0.25, 0.3) is 0 Å². The van der Waals surface area contributed by atoms with Crippen LogP contribution in [0.3, 0.4) is 0 Å². The second kappa shape index (κ2) is 7.02. The Morgan fingerprint density at radius 2 is 1.56 bits per heavy atom. The van der Waals surface area contributed by atoms with Crippen LogP contribution in [0.15, 0.2) is 30.3 Å². The number of amides is 2. The summed E-state index contributed by atoms with van der Waals surface area (Å²) < 4.78 is 0. The number of ketones is 1. The molecule has 27 heavy (non-hydrogen) atoms. The number of fused-ring (bicyclic) bond motifs is 1. The summed E-state index contributed by atoms with van der Waals surface area (Å²) in [6, 6.07) is 9.21. The van der Waals surface area contributed by atoms with Crippen LogP contribution in [0.4, 0.5) is 0 Å². The van der Waals surface area contributed by atoms with Gasteiger partial charge in [-0.2, -0.15) is 0 Å². The van der Waals surface area contributed by atoms with Crippen molar-refractivity contribution >= 4 is 17.6 Å². The number of carbonyl (C=O) groups is 3. The van der Waals surface area contributed by atoms with Gasteiger partial charge in [-0.1, -0.05) is 18.2 Å². The van der Waals surface area contributed by atoms with Gasteiger partial charge in [0.25, 0.3) is 11.8 Å². The number of piperazine rings is 1. The highest BCUT2D eigenvalue weighted by atomic mass is 16.2. The van der Waals surface area contributed by atoms with E-state index >= 15 is 0 Å². The minimum Gasteiger partial charge on any atom is -0.354 e. The highest BCUT2D eigenvalue weighted by Gasteiger charge is 2.30. The van der Waals surface area contributed by atoms with Crippen molar-refractivity contribution in [3.8, 4) is 0 Å². The standard InChI is InChI=1S/C21H23N3O3/c1-14-18-16(8-5-9-17(18)25)22-19(14)21(27)24-12-10-23(11-13-24)20(26)15-6-3-2-4-7-15/h2-4,6-7,22H,5,8-13H2,1H3. The van der Waals surface area contributed by atoms with Crippen LogP contribution >= 0.6 is 0 Å². The number of aryl methyl sites for hydroxylation is 1. The van der Waals surface area contributed by atoms with Gasteiger partial charge in [-0.25, -0.2) is 0 Å². The van der Waals surface area contributed by atoms with E-state index in [1.807, 2.05) is 37.3 Å². The monoisotopic (exact) mass is 365 g/mol. The predicted octanol–water partition coefficient (Wildman–Crippen LogP) is 2.44. The molecule has 2 aromatic rings. The molecule has 6 nitrogen and oxygen atoms in total. The van der Waals surface area contributed by atoms with Crippen molar-refractivity contribution in [2.45, 2.75) is 26.2 Å². The van der Waals surface area contributed by atoms with Crippen LogP contribution in [-0.2, 0) is 6.42 Å². The first kappa shape index (κ1) is 17.5. The number of rotatable bonds is 2. The molecule has 0 spiro atoms. The van der Waals surface area contributed by atoms with E-state index in [1.165, 1.54) is 0 Å². The van der Waals surface area contributed by atoms with Gasteiger partial charge in [0.15, 0.2) is 5.78 Å². The summed E-state index contributed by atoms with van der Waals surface area (Å²) >= 11 is 0. The van der Waals surface area contributed by atoms with Crippen LogP contribution < -0.4 is 0 Å². The first-order valence-corrected chi connectivity index (χ1v) is 9.44. The number of H-pyrrole nitrogens is 1. The van der Waals surface area contributed by atoms with Crippen LogP contribution in [-0.4, -0.2) is 58.6 Å². The van der Waals surface area contributed by atoms with E-state index < -0.39 is 0 Å². The molecule has 0 saturated carbocycles. The number of benzene rings is 1. The SMILES string of the molecule is Cc1c(C(=O)N2CCN(C(=O)c3ccccc3)CC2)[nH]c2c1C(=O)CCC2. The number of hydrogen-bond acceptors (Lipinski definition) is 3. The van der Waals surface area contributed by atoms with Crippen molar-refractivity contribution in [1.82, 2.24) is 14.8 Å². The molecule has 4 rings (SSSR count). The maximum Gasteiger partial charge on any atom is 0.270 e.